The van der Waals surface area contributed by atoms with Gasteiger partial charge in [-0.05, 0) is 84.1 Å². The smallest absolute Gasteiger partial charge is 0.0751 e. The first-order valence-electron chi connectivity index (χ1n) is 14.5. The normalized spacial score (nSPS) is 26.4. The Morgan fingerprint density at radius 3 is 1.89 bits per heavy atom. The number of hydrogen-bond donors (Lipinski definition) is 0. The van der Waals surface area contributed by atoms with E-state index in [9.17, 15) is 5.26 Å². The molecule has 1 aliphatic heterocycles. The van der Waals surface area contributed by atoms with Gasteiger partial charge in [0.15, 0.2) is 0 Å². The van der Waals surface area contributed by atoms with Crippen LogP contribution in [0.25, 0.3) is 11.1 Å². The van der Waals surface area contributed by atoms with Crippen molar-refractivity contribution in [2.75, 3.05) is 11.5 Å². The SMILES string of the molecule is CCCCCC1CSC(c2ccc(-c3ccc(C4CCC(C#N)(CCCCC)CC4)cc3)cc2)SC1. The first kappa shape index (κ1) is 27.7. The molecule has 0 radical (unpaired) electrons. The summed E-state index contributed by atoms with van der Waals surface area (Å²) >= 11 is 4.30. The van der Waals surface area contributed by atoms with Crippen molar-refractivity contribution in [2.45, 2.75) is 101 Å². The third-order valence-electron chi connectivity index (χ3n) is 8.52. The lowest BCUT2D eigenvalue weighted by Gasteiger charge is -2.35. The molecule has 3 heteroatoms. The largest absolute Gasteiger partial charge is 0.198 e. The van der Waals surface area contributed by atoms with E-state index in [1.165, 1.54) is 78.7 Å². The number of nitriles is 1. The molecule has 0 bridgehead atoms. The summed E-state index contributed by atoms with van der Waals surface area (Å²) < 4.78 is 0.595. The molecule has 1 heterocycles. The Labute approximate surface area is 229 Å². The highest BCUT2D eigenvalue weighted by molar-refractivity contribution is 8.16. The predicted molar refractivity (Wildman–Crippen MR) is 161 cm³/mol. The fourth-order valence-electron chi connectivity index (χ4n) is 6.00. The number of unbranched alkanes of at least 4 members (excludes halogenated alkanes) is 4. The molecule has 1 saturated carbocycles. The van der Waals surface area contributed by atoms with Crippen molar-refractivity contribution in [1.82, 2.24) is 0 Å². The Balaban J connectivity index is 1.28. The first-order chi connectivity index (χ1) is 17.7. The third kappa shape index (κ3) is 7.35. The van der Waals surface area contributed by atoms with Gasteiger partial charge in [0, 0.05) is 0 Å². The molecule has 2 fully saturated rings. The number of hydrogen-bond acceptors (Lipinski definition) is 3. The van der Waals surface area contributed by atoms with E-state index in [0.29, 0.717) is 10.5 Å². The van der Waals surface area contributed by atoms with Crippen LogP contribution in [0, 0.1) is 22.7 Å². The number of nitrogens with zero attached hydrogens (tertiary/aromatic N) is 1. The highest BCUT2D eigenvalue weighted by Gasteiger charge is 2.35. The molecule has 0 spiro atoms. The van der Waals surface area contributed by atoms with Gasteiger partial charge in [-0.3, -0.25) is 0 Å². The first-order valence-corrected chi connectivity index (χ1v) is 16.6. The molecule has 0 N–H and O–H groups in total. The van der Waals surface area contributed by atoms with Gasteiger partial charge in [0.1, 0.15) is 0 Å². The van der Waals surface area contributed by atoms with Crippen LogP contribution in [0.3, 0.4) is 0 Å². The van der Waals surface area contributed by atoms with E-state index in [-0.39, 0.29) is 5.41 Å². The lowest BCUT2D eigenvalue weighted by Crippen LogP contribution is -2.25. The second-order valence-corrected chi connectivity index (χ2v) is 13.8. The molecule has 194 valence electrons. The molecule has 2 aliphatic rings. The van der Waals surface area contributed by atoms with Gasteiger partial charge in [-0.15, -0.1) is 23.5 Å². The maximum atomic E-state index is 9.86. The second-order valence-electron chi connectivity index (χ2n) is 11.2. The summed E-state index contributed by atoms with van der Waals surface area (Å²) in [5, 5.41) is 9.86. The van der Waals surface area contributed by atoms with Crippen LogP contribution in [-0.2, 0) is 0 Å². The third-order valence-corrected chi connectivity index (χ3v) is 11.8. The van der Waals surface area contributed by atoms with Crippen LogP contribution in [-0.4, -0.2) is 11.5 Å². The predicted octanol–water partition coefficient (Wildman–Crippen LogP) is 10.8. The average molecular weight is 520 g/mol. The Bertz CT molecular complexity index is 943. The van der Waals surface area contributed by atoms with Crippen LogP contribution in [0.1, 0.15) is 113 Å². The van der Waals surface area contributed by atoms with Gasteiger partial charge in [-0.25, -0.2) is 0 Å². The van der Waals surface area contributed by atoms with Crippen LogP contribution in [0.4, 0.5) is 0 Å². The van der Waals surface area contributed by atoms with Crippen molar-refractivity contribution >= 4 is 23.5 Å². The van der Waals surface area contributed by atoms with Gasteiger partial charge in [0.25, 0.3) is 0 Å². The van der Waals surface area contributed by atoms with E-state index in [1.807, 2.05) is 0 Å². The molecule has 0 aromatic heterocycles. The molecule has 2 aromatic rings. The summed E-state index contributed by atoms with van der Waals surface area (Å²) in [6.45, 7) is 4.54. The fraction of sp³-hybridized carbons (Fsp3) is 0.606. The zero-order chi connectivity index (χ0) is 25.2. The summed E-state index contributed by atoms with van der Waals surface area (Å²) in [5.74, 6) is 4.15. The second kappa shape index (κ2) is 14.0. The summed E-state index contributed by atoms with van der Waals surface area (Å²) in [6, 6.07) is 21.4. The van der Waals surface area contributed by atoms with E-state index in [4.69, 9.17) is 0 Å². The van der Waals surface area contributed by atoms with Crippen molar-refractivity contribution in [1.29, 1.82) is 5.26 Å². The molecule has 1 saturated heterocycles. The van der Waals surface area contributed by atoms with Gasteiger partial charge in [0.05, 0.1) is 16.1 Å². The Morgan fingerprint density at radius 1 is 0.778 bits per heavy atom. The maximum Gasteiger partial charge on any atom is 0.0751 e. The Hall–Kier alpha value is -1.37. The molecule has 0 unspecified atom stereocenters. The molecule has 36 heavy (non-hydrogen) atoms. The molecule has 1 aliphatic carbocycles. The molecule has 0 amide bonds. The number of rotatable bonds is 11. The number of thioether (sulfide) groups is 2. The Morgan fingerprint density at radius 2 is 1.33 bits per heavy atom. The Kier molecular flexibility index (Phi) is 10.7. The molecule has 2 aromatic carbocycles. The van der Waals surface area contributed by atoms with Gasteiger partial charge < -0.3 is 0 Å². The van der Waals surface area contributed by atoms with Crippen molar-refractivity contribution in [3.63, 3.8) is 0 Å². The van der Waals surface area contributed by atoms with Crippen LogP contribution < -0.4 is 0 Å². The van der Waals surface area contributed by atoms with E-state index < -0.39 is 0 Å². The summed E-state index contributed by atoms with van der Waals surface area (Å²) in [5.41, 5.74) is 5.50. The van der Waals surface area contributed by atoms with Crippen LogP contribution in [0.2, 0.25) is 0 Å². The highest BCUT2D eigenvalue weighted by Crippen LogP contribution is 2.47. The summed E-state index contributed by atoms with van der Waals surface area (Å²) in [6.07, 6.45) is 14.8. The standard InChI is InChI=1S/C33H45NS2/c1-3-5-7-9-26-23-35-32(36-24-26)31-16-14-28(15-17-31)27-10-12-29(13-11-27)30-18-21-33(25-34,22-19-30)20-8-6-4-2/h10-17,26,30,32H,3-9,18-24H2,1-2H3. The quantitative estimate of drug-likeness (QED) is 0.276. The van der Waals surface area contributed by atoms with Crippen molar-refractivity contribution in [3.8, 4) is 17.2 Å². The monoisotopic (exact) mass is 519 g/mol. The molecular weight excluding hydrogens is 475 g/mol. The van der Waals surface area contributed by atoms with Crippen LogP contribution in [0.5, 0.6) is 0 Å². The molecule has 1 nitrogen and oxygen atoms in total. The lowest BCUT2D eigenvalue weighted by molar-refractivity contribution is 0.223. The zero-order valence-electron chi connectivity index (χ0n) is 22.5. The van der Waals surface area contributed by atoms with Gasteiger partial charge in [-0.1, -0.05) is 101 Å². The minimum atomic E-state index is -0.0573. The summed E-state index contributed by atoms with van der Waals surface area (Å²) in [4.78, 5) is 0. The molecule has 0 atom stereocenters. The molecular formula is C33H45NS2. The number of benzene rings is 2. The highest BCUT2D eigenvalue weighted by atomic mass is 32.2. The van der Waals surface area contributed by atoms with Crippen molar-refractivity contribution in [2.24, 2.45) is 11.3 Å². The zero-order valence-corrected chi connectivity index (χ0v) is 24.1. The summed E-state index contributed by atoms with van der Waals surface area (Å²) in [7, 11) is 0. The maximum absolute atomic E-state index is 9.86. The minimum absolute atomic E-state index is 0.0573. The van der Waals surface area contributed by atoms with Crippen LogP contribution in [0.15, 0.2) is 48.5 Å². The van der Waals surface area contributed by atoms with E-state index in [1.54, 1.807) is 0 Å². The fourth-order valence-corrected chi connectivity index (χ4v) is 9.17. The lowest BCUT2D eigenvalue weighted by atomic mass is 9.67. The van der Waals surface area contributed by atoms with Gasteiger partial charge in [0.2, 0.25) is 0 Å². The van der Waals surface area contributed by atoms with Crippen molar-refractivity contribution in [3.05, 3.63) is 59.7 Å². The topological polar surface area (TPSA) is 23.8 Å². The average Bonchev–Trinajstić information content (AvgIpc) is 2.94. The minimum Gasteiger partial charge on any atom is -0.198 e. The van der Waals surface area contributed by atoms with E-state index in [2.05, 4.69) is 92.0 Å². The van der Waals surface area contributed by atoms with Gasteiger partial charge >= 0.3 is 0 Å². The van der Waals surface area contributed by atoms with Gasteiger partial charge in [-0.2, -0.15) is 5.26 Å². The van der Waals surface area contributed by atoms with Crippen molar-refractivity contribution < 1.29 is 0 Å². The molecule has 4 rings (SSSR count). The van der Waals surface area contributed by atoms with Crippen LogP contribution >= 0.6 is 23.5 Å². The van der Waals surface area contributed by atoms with E-state index >= 15 is 0 Å². The van der Waals surface area contributed by atoms with E-state index in [0.717, 1.165) is 38.0 Å².